The SMILES string of the molecule is Cc1ncc(Cn2cc(COC(=O)COc3ccccc3[N+](=O)[O-])nn2)c(N)n1. The smallest absolute Gasteiger partial charge is 0.344 e. The molecule has 0 saturated heterocycles. The molecular formula is C17H17N7O5. The second-order valence-electron chi connectivity index (χ2n) is 5.91. The molecule has 12 heteroatoms. The van der Waals surface area contributed by atoms with Gasteiger partial charge in [-0.05, 0) is 13.0 Å². The number of anilines is 1. The van der Waals surface area contributed by atoms with Crippen molar-refractivity contribution in [1.29, 1.82) is 0 Å². The Bertz CT molecular complexity index is 1040. The quantitative estimate of drug-likeness (QED) is 0.329. The van der Waals surface area contributed by atoms with Crippen molar-refractivity contribution in [2.45, 2.75) is 20.1 Å². The fourth-order valence-electron chi connectivity index (χ4n) is 2.35. The maximum absolute atomic E-state index is 11.8. The average molecular weight is 399 g/mol. The predicted octanol–water partition coefficient (Wildman–Crippen LogP) is 1.04. The highest BCUT2D eigenvalue weighted by atomic mass is 16.6. The summed E-state index contributed by atoms with van der Waals surface area (Å²) in [5.41, 5.74) is 6.71. The average Bonchev–Trinajstić information content (AvgIpc) is 3.14. The lowest BCUT2D eigenvalue weighted by Crippen LogP contribution is -2.15. The van der Waals surface area contributed by atoms with E-state index in [9.17, 15) is 14.9 Å². The van der Waals surface area contributed by atoms with Crippen LogP contribution in [0.1, 0.15) is 17.1 Å². The lowest BCUT2D eigenvalue weighted by Gasteiger charge is -2.06. The molecule has 12 nitrogen and oxygen atoms in total. The van der Waals surface area contributed by atoms with E-state index < -0.39 is 17.5 Å². The van der Waals surface area contributed by atoms with Crippen molar-refractivity contribution in [2.24, 2.45) is 0 Å². The van der Waals surface area contributed by atoms with Crippen LogP contribution in [0.15, 0.2) is 36.7 Å². The third kappa shape index (κ3) is 5.22. The summed E-state index contributed by atoms with van der Waals surface area (Å²) < 4.78 is 11.7. The minimum absolute atomic E-state index is 0.0155. The van der Waals surface area contributed by atoms with Crippen LogP contribution in [0, 0.1) is 17.0 Å². The topological polar surface area (TPSA) is 161 Å². The molecule has 0 atom stereocenters. The molecule has 0 aliphatic rings. The van der Waals surface area contributed by atoms with Crippen molar-refractivity contribution in [1.82, 2.24) is 25.0 Å². The van der Waals surface area contributed by atoms with Crippen molar-refractivity contribution in [3.8, 4) is 5.75 Å². The number of carbonyl (C=O) groups excluding carboxylic acids is 1. The van der Waals surface area contributed by atoms with Gasteiger partial charge in [0, 0.05) is 17.8 Å². The van der Waals surface area contributed by atoms with Crippen molar-refractivity contribution >= 4 is 17.5 Å². The second kappa shape index (κ2) is 8.73. The van der Waals surface area contributed by atoms with Crippen LogP contribution in [0.5, 0.6) is 5.75 Å². The van der Waals surface area contributed by atoms with E-state index in [1.807, 2.05) is 0 Å². The molecule has 2 heterocycles. The number of esters is 1. The van der Waals surface area contributed by atoms with E-state index in [-0.39, 0.29) is 18.0 Å². The Kier molecular flexibility index (Phi) is 5.92. The standard InChI is InChI=1S/C17H17N7O5/c1-11-19-6-12(17(18)20-11)7-23-8-13(21-22-23)9-29-16(25)10-28-15-5-3-2-4-14(15)24(26)27/h2-6,8H,7,9-10H2,1H3,(H2,18,19,20). The number of nitro benzene ring substituents is 1. The van der Waals surface area contributed by atoms with Gasteiger partial charge in [-0.1, -0.05) is 17.3 Å². The first kappa shape index (κ1) is 19.7. The molecule has 0 aliphatic carbocycles. The van der Waals surface area contributed by atoms with Gasteiger partial charge in [0.2, 0.25) is 0 Å². The van der Waals surface area contributed by atoms with Crippen molar-refractivity contribution in [2.75, 3.05) is 12.3 Å². The molecule has 0 spiro atoms. The molecule has 0 fully saturated rings. The van der Waals surface area contributed by atoms with Crippen molar-refractivity contribution in [3.63, 3.8) is 0 Å². The zero-order valence-electron chi connectivity index (χ0n) is 15.4. The number of hydrogen-bond acceptors (Lipinski definition) is 10. The molecule has 150 valence electrons. The molecule has 0 bridgehead atoms. The normalized spacial score (nSPS) is 10.5. The number of nitrogens with two attached hydrogens (primary N) is 1. The number of para-hydroxylation sites is 2. The first-order chi connectivity index (χ1) is 13.9. The lowest BCUT2D eigenvalue weighted by atomic mass is 10.3. The number of nitro groups is 1. The van der Waals surface area contributed by atoms with E-state index in [1.165, 1.54) is 22.9 Å². The van der Waals surface area contributed by atoms with Gasteiger partial charge in [-0.25, -0.2) is 19.4 Å². The summed E-state index contributed by atoms with van der Waals surface area (Å²) in [6, 6.07) is 5.75. The van der Waals surface area contributed by atoms with Crippen LogP contribution in [-0.4, -0.2) is 42.5 Å². The summed E-state index contributed by atoms with van der Waals surface area (Å²) in [5.74, 6) is 0.209. The van der Waals surface area contributed by atoms with Crippen LogP contribution in [0.2, 0.25) is 0 Å². The largest absolute Gasteiger partial charge is 0.475 e. The Hall–Kier alpha value is -4.09. The van der Waals surface area contributed by atoms with E-state index in [1.54, 1.807) is 25.4 Å². The molecule has 2 N–H and O–H groups in total. The number of ether oxygens (including phenoxy) is 2. The monoisotopic (exact) mass is 399 g/mol. The minimum atomic E-state index is -0.700. The summed E-state index contributed by atoms with van der Waals surface area (Å²) in [6.07, 6.45) is 3.20. The van der Waals surface area contributed by atoms with Gasteiger partial charge in [-0.15, -0.1) is 5.10 Å². The first-order valence-electron chi connectivity index (χ1n) is 8.41. The Morgan fingerprint density at radius 2 is 2.14 bits per heavy atom. The summed E-state index contributed by atoms with van der Waals surface area (Å²) >= 11 is 0. The van der Waals surface area contributed by atoms with Crippen molar-refractivity contribution in [3.05, 3.63) is 63.9 Å². The number of carbonyl (C=O) groups is 1. The molecule has 2 aromatic heterocycles. The van der Waals surface area contributed by atoms with Gasteiger partial charge in [0.05, 0.1) is 17.7 Å². The summed E-state index contributed by atoms with van der Waals surface area (Å²) in [6.45, 7) is 1.45. The maximum Gasteiger partial charge on any atom is 0.344 e. The van der Waals surface area contributed by atoms with Gasteiger partial charge in [-0.3, -0.25) is 10.1 Å². The Morgan fingerprint density at radius 3 is 2.90 bits per heavy atom. The first-order valence-corrected chi connectivity index (χ1v) is 8.41. The number of hydrogen-bond donors (Lipinski definition) is 1. The minimum Gasteiger partial charge on any atom is -0.475 e. The van der Waals surface area contributed by atoms with Crippen LogP contribution in [0.3, 0.4) is 0 Å². The number of aromatic nitrogens is 5. The molecule has 0 aliphatic heterocycles. The predicted molar refractivity (Wildman–Crippen MR) is 98.7 cm³/mol. The van der Waals surface area contributed by atoms with E-state index in [4.69, 9.17) is 15.2 Å². The van der Waals surface area contributed by atoms with E-state index in [0.717, 1.165) is 0 Å². The van der Waals surface area contributed by atoms with Gasteiger partial charge in [0.1, 0.15) is 23.9 Å². The fourth-order valence-corrected chi connectivity index (χ4v) is 2.35. The third-order valence-corrected chi connectivity index (χ3v) is 3.73. The van der Waals surface area contributed by atoms with Gasteiger partial charge in [0.25, 0.3) is 0 Å². The van der Waals surface area contributed by atoms with Crippen LogP contribution >= 0.6 is 0 Å². The summed E-state index contributed by atoms with van der Waals surface area (Å²) in [5, 5.41) is 18.8. The molecule has 3 aromatic rings. The summed E-state index contributed by atoms with van der Waals surface area (Å²) in [4.78, 5) is 30.3. The highest BCUT2D eigenvalue weighted by Crippen LogP contribution is 2.25. The number of benzene rings is 1. The van der Waals surface area contributed by atoms with E-state index >= 15 is 0 Å². The molecule has 1 aromatic carbocycles. The van der Waals surface area contributed by atoms with Gasteiger partial charge in [0.15, 0.2) is 12.4 Å². The zero-order chi connectivity index (χ0) is 20.8. The number of nitrogens with zero attached hydrogens (tertiary/aromatic N) is 6. The van der Waals surface area contributed by atoms with Crippen LogP contribution in [0.4, 0.5) is 11.5 Å². The number of nitrogen functional groups attached to an aromatic ring is 1. The molecule has 0 unspecified atom stereocenters. The maximum atomic E-state index is 11.8. The highest BCUT2D eigenvalue weighted by Gasteiger charge is 2.15. The molecule has 0 saturated carbocycles. The number of rotatable bonds is 8. The highest BCUT2D eigenvalue weighted by molar-refractivity contribution is 5.71. The zero-order valence-corrected chi connectivity index (χ0v) is 15.4. The summed E-state index contributed by atoms with van der Waals surface area (Å²) in [7, 11) is 0. The second-order valence-corrected chi connectivity index (χ2v) is 5.91. The lowest BCUT2D eigenvalue weighted by molar-refractivity contribution is -0.385. The van der Waals surface area contributed by atoms with Gasteiger partial charge < -0.3 is 15.2 Å². The fraction of sp³-hybridized carbons (Fsp3) is 0.235. The molecule has 0 amide bonds. The van der Waals surface area contributed by atoms with Crippen molar-refractivity contribution < 1.29 is 19.2 Å². The van der Waals surface area contributed by atoms with E-state index in [0.29, 0.717) is 29.4 Å². The van der Waals surface area contributed by atoms with Gasteiger partial charge in [-0.2, -0.15) is 0 Å². The van der Waals surface area contributed by atoms with E-state index in [2.05, 4.69) is 20.3 Å². The molecule has 29 heavy (non-hydrogen) atoms. The van der Waals surface area contributed by atoms with Gasteiger partial charge >= 0.3 is 11.7 Å². The van der Waals surface area contributed by atoms with Crippen LogP contribution in [-0.2, 0) is 22.7 Å². The Morgan fingerprint density at radius 1 is 1.34 bits per heavy atom. The Labute approximate surface area is 164 Å². The molecule has 3 rings (SSSR count). The molecular weight excluding hydrogens is 382 g/mol. The number of aryl methyl sites for hydroxylation is 1. The van der Waals surface area contributed by atoms with Crippen LogP contribution < -0.4 is 10.5 Å². The van der Waals surface area contributed by atoms with Crippen LogP contribution in [0.25, 0.3) is 0 Å². The molecule has 0 radical (unpaired) electrons. The third-order valence-electron chi connectivity index (χ3n) is 3.73. The Balaban J connectivity index is 1.50.